The Hall–Kier alpha value is -1.84. The van der Waals surface area contributed by atoms with E-state index in [1.807, 2.05) is 23.1 Å². The van der Waals surface area contributed by atoms with Crippen LogP contribution in [0.5, 0.6) is 0 Å². The van der Waals surface area contributed by atoms with E-state index in [2.05, 4.69) is 16.4 Å². The van der Waals surface area contributed by atoms with Gasteiger partial charge in [-0.1, -0.05) is 18.2 Å². The van der Waals surface area contributed by atoms with Gasteiger partial charge < -0.3 is 10.2 Å². The number of aliphatic imine (C=N–C) groups is 1. The van der Waals surface area contributed by atoms with Crippen molar-refractivity contribution < 1.29 is 4.79 Å². The molecule has 2 aliphatic heterocycles. The minimum absolute atomic E-state index is 0.00894. The number of para-hydroxylation sites is 1. The summed E-state index contributed by atoms with van der Waals surface area (Å²) in [5.41, 5.74) is 2.30. The third-order valence-corrected chi connectivity index (χ3v) is 3.23. The summed E-state index contributed by atoms with van der Waals surface area (Å²) in [6, 6.07) is 8.12. The van der Waals surface area contributed by atoms with Gasteiger partial charge >= 0.3 is 0 Å². The molecule has 1 amide bonds. The summed E-state index contributed by atoms with van der Waals surface area (Å²) in [7, 11) is 0. The van der Waals surface area contributed by atoms with Crippen LogP contribution >= 0.6 is 0 Å². The summed E-state index contributed by atoms with van der Waals surface area (Å²) in [4.78, 5) is 18.3. The van der Waals surface area contributed by atoms with Gasteiger partial charge in [0, 0.05) is 18.8 Å². The van der Waals surface area contributed by atoms with E-state index >= 15 is 0 Å². The lowest BCUT2D eigenvalue weighted by molar-refractivity contribution is -0.112. The number of aryl methyl sites for hydroxylation is 1. The molecule has 0 atom stereocenters. The molecule has 2 heterocycles. The normalized spacial score (nSPS) is 18.4. The van der Waals surface area contributed by atoms with Crippen LogP contribution in [-0.2, 0) is 11.2 Å². The summed E-state index contributed by atoms with van der Waals surface area (Å²) < 4.78 is 0. The second-order valence-corrected chi connectivity index (χ2v) is 4.35. The van der Waals surface area contributed by atoms with Crippen molar-refractivity contribution >= 4 is 17.4 Å². The Bertz CT molecular complexity index is 481. The lowest BCUT2D eigenvalue weighted by atomic mass is 10.0. The van der Waals surface area contributed by atoms with Crippen molar-refractivity contribution in [3.8, 4) is 0 Å². The highest BCUT2D eigenvalue weighted by atomic mass is 16.2. The van der Waals surface area contributed by atoms with Crippen LogP contribution < -0.4 is 10.2 Å². The first-order chi connectivity index (χ1) is 8.36. The zero-order chi connectivity index (χ0) is 11.7. The fraction of sp³-hybridized carbons (Fsp3) is 0.385. The van der Waals surface area contributed by atoms with E-state index in [4.69, 9.17) is 0 Å². The van der Waals surface area contributed by atoms with Crippen LogP contribution in [0.2, 0.25) is 0 Å². The first-order valence-corrected chi connectivity index (χ1v) is 6.04. The molecule has 88 valence electrons. The Morgan fingerprint density at radius 2 is 2.24 bits per heavy atom. The van der Waals surface area contributed by atoms with Crippen molar-refractivity contribution in [2.75, 3.05) is 24.5 Å². The molecule has 0 spiro atoms. The number of hydrogen-bond acceptors (Lipinski definition) is 3. The number of carbonyl (C=O) groups is 1. The quantitative estimate of drug-likeness (QED) is 0.779. The van der Waals surface area contributed by atoms with Gasteiger partial charge in [0.1, 0.15) is 0 Å². The average molecular weight is 229 g/mol. The molecule has 0 bridgehead atoms. The Balaban J connectivity index is 1.92. The number of benzene rings is 1. The maximum atomic E-state index is 12.3. The summed E-state index contributed by atoms with van der Waals surface area (Å²) in [6.45, 7) is 2.27. The molecule has 1 N–H and O–H groups in total. The van der Waals surface area contributed by atoms with Crippen molar-refractivity contribution in [1.82, 2.24) is 5.32 Å². The first kappa shape index (κ1) is 10.3. The van der Waals surface area contributed by atoms with E-state index in [0.29, 0.717) is 12.4 Å². The van der Waals surface area contributed by atoms with Crippen LogP contribution in [0, 0.1) is 0 Å². The van der Waals surface area contributed by atoms with Gasteiger partial charge in [0.2, 0.25) is 0 Å². The molecule has 4 nitrogen and oxygen atoms in total. The summed E-state index contributed by atoms with van der Waals surface area (Å²) >= 11 is 0. The van der Waals surface area contributed by atoms with Gasteiger partial charge in [-0.05, 0) is 24.5 Å². The van der Waals surface area contributed by atoms with Crippen LogP contribution in [-0.4, -0.2) is 31.4 Å². The minimum atomic E-state index is 0.00894. The van der Waals surface area contributed by atoms with Crippen LogP contribution in [0.4, 0.5) is 5.69 Å². The van der Waals surface area contributed by atoms with Gasteiger partial charge in [0.25, 0.3) is 5.91 Å². The summed E-state index contributed by atoms with van der Waals surface area (Å²) in [5, 5.41) is 3.04. The molecule has 2 aliphatic rings. The first-order valence-electron chi connectivity index (χ1n) is 6.04. The predicted octanol–water partition coefficient (Wildman–Crippen LogP) is 0.967. The van der Waals surface area contributed by atoms with Gasteiger partial charge in [-0.3, -0.25) is 9.79 Å². The number of amidine groups is 1. The fourth-order valence-electron chi connectivity index (χ4n) is 2.41. The number of nitrogens with one attached hydrogen (secondary N) is 1. The van der Waals surface area contributed by atoms with Crippen molar-refractivity contribution in [1.29, 1.82) is 0 Å². The highest BCUT2D eigenvalue weighted by molar-refractivity contribution is 6.43. The summed E-state index contributed by atoms with van der Waals surface area (Å²) in [6.07, 6.45) is 2.08. The minimum Gasteiger partial charge on any atom is -0.364 e. The molecule has 0 saturated carbocycles. The van der Waals surface area contributed by atoms with Crippen LogP contribution in [0.3, 0.4) is 0 Å². The van der Waals surface area contributed by atoms with E-state index < -0.39 is 0 Å². The SMILES string of the molecule is O=C(C1=NCCN1)N1CCCc2ccccc21. The Morgan fingerprint density at radius 3 is 3.06 bits per heavy atom. The molecule has 0 aromatic heterocycles. The van der Waals surface area contributed by atoms with Gasteiger partial charge in [-0.2, -0.15) is 0 Å². The molecular weight excluding hydrogens is 214 g/mol. The van der Waals surface area contributed by atoms with E-state index in [1.165, 1.54) is 5.56 Å². The Labute approximate surface area is 100 Å². The van der Waals surface area contributed by atoms with E-state index in [9.17, 15) is 4.79 Å². The standard InChI is InChI=1S/C13H15N3O/c17-13(12-14-7-8-15-12)16-9-3-5-10-4-1-2-6-11(10)16/h1-2,4,6H,3,5,7-9H2,(H,14,15). The van der Waals surface area contributed by atoms with Crippen LogP contribution in [0.15, 0.2) is 29.3 Å². The topological polar surface area (TPSA) is 44.7 Å². The Kier molecular flexibility index (Phi) is 2.55. The van der Waals surface area contributed by atoms with Gasteiger partial charge in [0.15, 0.2) is 5.84 Å². The predicted molar refractivity (Wildman–Crippen MR) is 67.4 cm³/mol. The van der Waals surface area contributed by atoms with Crippen molar-refractivity contribution in [3.05, 3.63) is 29.8 Å². The number of rotatable bonds is 1. The molecule has 0 saturated heterocycles. The van der Waals surface area contributed by atoms with Crippen molar-refractivity contribution in [2.45, 2.75) is 12.8 Å². The van der Waals surface area contributed by atoms with Crippen molar-refractivity contribution in [2.24, 2.45) is 4.99 Å². The molecule has 1 aromatic carbocycles. The molecule has 0 aliphatic carbocycles. The second kappa shape index (κ2) is 4.20. The fourth-order valence-corrected chi connectivity index (χ4v) is 2.41. The number of hydrogen-bond donors (Lipinski definition) is 1. The number of nitrogens with zero attached hydrogens (tertiary/aromatic N) is 2. The lowest BCUT2D eigenvalue weighted by Crippen LogP contribution is -2.43. The molecule has 0 fully saturated rings. The van der Waals surface area contributed by atoms with Crippen molar-refractivity contribution in [3.63, 3.8) is 0 Å². The monoisotopic (exact) mass is 229 g/mol. The average Bonchev–Trinajstić information content (AvgIpc) is 2.91. The highest BCUT2D eigenvalue weighted by Gasteiger charge is 2.26. The lowest BCUT2D eigenvalue weighted by Gasteiger charge is -2.29. The van der Waals surface area contributed by atoms with Crippen LogP contribution in [0.1, 0.15) is 12.0 Å². The third kappa shape index (κ3) is 1.79. The molecular formula is C13H15N3O. The number of anilines is 1. The Morgan fingerprint density at radius 1 is 1.35 bits per heavy atom. The smallest absolute Gasteiger partial charge is 0.293 e. The molecule has 17 heavy (non-hydrogen) atoms. The molecule has 4 heteroatoms. The van der Waals surface area contributed by atoms with E-state index in [0.717, 1.165) is 31.6 Å². The molecule has 3 rings (SSSR count). The maximum absolute atomic E-state index is 12.3. The third-order valence-electron chi connectivity index (χ3n) is 3.23. The van der Waals surface area contributed by atoms with Crippen LogP contribution in [0.25, 0.3) is 0 Å². The van der Waals surface area contributed by atoms with Gasteiger partial charge in [-0.25, -0.2) is 0 Å². The molecule has 0 radical (unpaired) electrons. The largest absolute Gasteiger partial charge is 0.364 e. The number of fused-ring (bicyclic) bond motifs is 1. The molecule has 0 unspecified atom stereocenters. The van der Waals surface area contributed by atoms with Gasteiger partial charge in [-0.15, -0.1) is 0 Å². The summed E-state index contributed by atoms with van der Waals surface area (Å²) in [5.74, 6) is 0.524. The maximum Gasteiger partial charge on any atom is 0.293 e. The zero-order valence-corrected chi connectivity index (χ0v) is 9.65. The van der Waals surface area contributed by atoms with E-state index in [1.54, 1.807) is 0 Å². The number of carbonyl (C=O) groups excluding carboxylic acids is 1. The zero-order valence-electron chi connectivity index (χ0n) is 9.65. The van der Waals surface area contributed by atoms with Gasteiger partial charge in [0.05, 0.1) is 6.54 Å². The second-order valence-electron chi connectivity index (χ2n) is 4.35. The molecule has 1 aromatic rings. The van der Waals surface area contributed by atoms with E-state index in [-0.39, 0.29) is 5.91 Å². The number of amides is 1. The highest BCUT2D eigenvalue weighted by Crippen LogP contribution is 2.26.